The minimum absolute atomic E-state index is 0.731. The van der Waals surface area contributed by atoms with Crippen molar-refractivity contribution in [3.05, 3.63) is 39.8 Å². The Morgan fingerprint density at radius 1 is 1.35 bits per heavy atom. The van der Waals surface area contributed by atoms with Gasteiger partial charge in [-0.25, -0.2) is 0 Å². The monoisotopic (exact) mass is 265 g/mol. The van der Waals surface area contributed by atoms with Gasteiger partial charge in [-0.1, -0.05) is 48.6 Å². The fourth-order valence-corrected chi connectivity index (χ4v) is 2.58. The predicted molar refractivity (Wildman–Crippen MR) is 75.1 cm³/mol. The number of hydrogen-bond acceptors (Lipinski definition) is 4. The molecule has 1 aromatic carbocycles. The van der Waals surface area contributed by atoms with Gasteiger partial charge in [0.1, 0.15) is 0 Å². The molecule has 90 valence electrons. The molecule has 0 amide bonds. The lowest BCUT2D eigenvalue weighted by Crippen LogP contribution is -2.23. The summed E-state index contributed by atoms with van der Waals surface area (Å²) in [5.41, 5.74) is 1.29. The van der Waals surface area contributed by atoms with Crippen LogP contribution in [0.15, 0.2) is 30.3 Å². The third kappa shape index (κ3) is 3.38. The highest BCUT2D eigenvalue weighted by molar-refractivity contribution is 7.73. The Morgan fingerprint density at radius 2 is 2.12 bits per heavy atom. The molecule has 0 bridgehead atoms. The standard InChI is InChI=1S/C12H15N3S2/c1-2-8-15(11-13-14-12(16)17-11)9-10-6-4-3-5-7-10/h3-7H,2,8-9H2,1H3,(H,14,16). The number of aromatic amines is 1. The second kappa shape index (κ2) is 5.93. The van der Waals surface area contributed by atoms with Crippen LogP contribution in [0, 0.1) is 3.95 Å². The maximum atomic E-state index is 5.07. The first kappa shape index (κ1) is 12.3. The number of nitrogens with zero attached hydrogens (tertiary/aromatic N) is 2. The highest BCUT2D eigenvalue weighted by atomic mass is 32.1. The molecule has 0 aliphatic rings. The number of anilines is 1. The molecular weight excluding hydrogens is 250 g/mol. The molecule has 0 aliphatic carbocycles. The summed E-state index contributed by atoms with van der Waals surface area (Å²) in [5.74, 6) is 0. The van der Waals surface area contributed by atoms with Crippen LogP contribution >= 0.6 is 23.6 Å². The van der Waals surface area contributed by atoms with Gasteiger partial charge in [0, 0.05) is 13.1 Å². The molecule has 0 saturated heterocycles. The van der Waals surface area contributed by atoms with Gasteiger partial charge in [0.2, 0.25) is 5.13 Å². The number of rotatable bonds is 5. The van der Waals surface area contributed by atoms with Gasteiger partial charge in [0.25, 0.3) is 0 Å². The number of nitrogens with one attached hydrogen (secondary N) is 1. The lowest BCUT2D eigenvalue weighted by atomic mass is 10.2. The van der Waals surface area contributed by atoms with Crippen molar-refractivity contribution < 1.29 is 0 Å². The van der Waals surface area contributed by atoms with E-state index in [0.717, 1.165) is 28.6 Å². The minimum Gasteiger partial charge on any atom is -0.342 e. The Balaban J connectivity index is 2.15. The van der Waals surface area contributed by atoms with Crippen LogP contribution in [-0.4, -0.2) is 16.7 Å². The first-order valence-electron chi connectivity index (χ1n) is 5.64. The van der Waals surface area contributed by atoms with E-state index in [4.69, 9.17) is 12.2 Å². The van der Waals surface area contributed by atoms with Crippen LogP contribution in [0.5, 0.6) is 0 Å². The van der Waals surface area contributed by atoms with Crippen LogP contribution in [-0.2, 0) is 6.54 Å². The molecule has 17 heavy (non-hydrogen) atoms. The van der Waals surface area contributed by atoms with Crippen LogP contribution in [0.2, 0.25) is 0 Å². The maximum absolute atomic E-state index is 5.07. The van der Waals surface area contributed by atoms with E-state index in [1.54, 1.807) is 0 Å². The molecule has 2 aromatic rings. The summed E-state index contributed by atoms with van der Waals surface area (Å²) >= 11 is 6.60. The van der Waals surface area contributed by atoms with Gasteiger partial charge in [-0.15, -0.1) is 5.10 Å². The van der Waals surface area contributed by atoms with Crippen LogP contribution in [0.1, 0.15) is 18.9 Å². The zero-order chi connectivity index (χ0) is 12.1. The van der Waals surface area contributed by atoms with Crippen molar-refractivity contribution in [3.63, 3.8) is 0 Å². The van der Waals surface area contributed by atoms with E-state index in [9.17, 15) is 0 Å². The SMILES string of the molecule is CCCN(Cc1ccccc1)c1n[nH]c(=S)s1. The summed E-state index contributed by atoms with van der Waals surface area (Å²) in [7, 11) is 0. The molecule has 0 radical (unpaired) electrons. The number of H-pyrrole nitrogens is 1. The lowest BCUT2D eigenvalue weighted by molar-refractivity contribution is 0.757. The Bertz CT molecular complexity index is 504. The van der Waals surface area contributed by atoms with E-state index in [-0.39, 0.29) is 0 Å². The van der Waals surface area contributed by atoms with E-state index >= 15 is 0 Å². The topological polar surface area (TPSA) is 31.9 Å². The van der Waals surface area contributed by atoms with Crippen molar-refractivity contribution in [1.82, 2.24) is 10.2 Å². The van der Waals surface area contributed by atoms with Gasteiger partial charge in [-0.05, 0) is 24.2 Å². The fourth-order valence-electron chi connectivity index (χ4n) is 1.67. The largest absolute Gasteiger partial charge is 0.342 e. The smallest absolute Gasteiger partial charge is 0.207 e. The van der Waals surface area contributed by atoms with Crippen molar-refractivity contribution in [2.75, 3.05) is 11.4 Å². The molecule has 3 nitrogen and oxygen atoms in total. The lowest BCUT2D eigenvalue weighted by Gasteiger charge is -2.20. The van der Waals surface area contributed by atoms with Gasteiger partial charge in [-0.2, -0.15) is 0 Å². The fraction of sp³-hybridized carbons (Fsp3) is 0.333. The average molecular weight is 265 g/mol. The Morgan fingerprint density at radius 3 is 2.71 bits per heavy atom. The highest BCUT2D eigenvalue weighted by Gasteiger charge is 2.09. The molecule has 2 rings (SSSR count). The zero-order valence-corrected chi connectivity index (χ0v) is 11.4. The molecular formula is C12H15N3S2. The van der Waals surface area contributed by atoms with Gasteiger partial charge < -0.3 is 4.90 Å². The van der Waals surface area contributed by atoms with Crippen molar-refractivity contribution >= 4 is 28.7 Å². The summed E-state index contributed by atoms with van der Waals surface area (Å²) in [5, 5.41) is 8.05. The van der Waals surface area contributed by atoms with Crippen molar-refractivity contribution in [2.24, 2.45) is 0 Å². The zero-order valence-electron chi connectivity index (χ0n) is 9.72. The predicted octanol–water partition coefficient (Wildman–Crippen LogP) is 3.62. The molecule has 0 aliphatic heterocycles. The van der Waals surface area contributed by atoms with Crippen LogP contribution in [0.25, 0.3) is 0 Å². The molecule has 5 heteroatoms. The molecule has 1 aromatic heterocycles. The van der Waals surface area contributed by atoms with Gasteiger partial charge in [0.05, 0.1) is 0 Å². The molecule has 0 atom stereocenters. The second-order valence-corrected chi connectivity index (χ2v) is 5.45. The number of hydrogen-bond donors (Lipinski definition) is 1. The first-order chi connectivity index (χ1) is 8.29. The minimum atomic E-state index is 0.731. The van der Waals surface area contributed by atoms with E-state index < -0.39 is 0 Å². The quantitative estimate of drug-likeness (QED) is 0.838. The number of aromatic nitrogens is 2. The Kier molecular flexibility index (Phi) is 4.28. The van der Waals surface area contributed by atoms with Crippen LogP contribution in [0.3, 0.4) is 0 Å². The second-order valence-electron chi connectivity index (χ2n) is 3.80. The molecule has 0 unspecified atom stereocenters. The van der Waals surface area contributed by atoms with Crippen LogP contribution in [0.4, 0.5) is 5.13 Å². The molecule has 1 heterocycles. The summed E-state index contributed by atoms with van der Waals surface area (Å²) in [6, 6.07) is 10.4. The Labute approximate surface area is 110 Å². The average Bonchev–Trinajstić information content (AvgIpc) is 2.77. The summed E-state index contributed by atoms with van der Waals surface area (Å²) in [6.07, 6.45) is 1.10. The Hall–Kier alpha value is -1.20. The van der Waals surface area contributed by atoms with Gasteiger partial charge in [0.15, 0.2) is 3.95 Å². The van der Waals surface area contributed by atoms with E-state index in [2.05, 4.69) is 46.3 Å². The van der Waals surface area contributed by atoms with Gasteiger partial charge in [-0.3, -0.25) is 5.10 Å². The van der Waals surface area contributed by atoms with Crippen molar-refractivity contribution in [2.45, 2.75) is 19.9 Å². The normalized spacial score (nSPS) is 10.4. The van der Waals surface area contributed by atoms with Crippen molar-refractivity contribution in [3.8, 4) is 0 Å². The number of benzene rings is 1. The van der Waals surface area contributed by atoms with Crippen LogP contribution < -0.4 is 4.90 Å². The summed E-state index contributed by atoms with van der Waals surface area (Å²) < 4.78 is 0.731. The molecule has 0 saturated carbocycles. The maximum Gasteiger partial charge on any atom is 0.207 e. The molecule has 0 spiro atoms. The van der Waals surface area contributed by atoms with Gasteiger partial charge >= 0.3 is 0 Å². The third-order valence-corrected chi connectivity index (χ3v) is 3.56. The van der Waals surface area contributed by atoms with E-state index in [1.165, 1.54) is 16.9 Å². The molecule has 0 fully saturated rings. The van der Waals surface area contributed by atoms with E-state index in [0.29, 0.717) is 0 Å². The summed E-state index contributed by atoms with van der Waals surface area (Å²) in [4.78, 5) is 2.26. The van der Waals surface area contributed by atoms with E-state index in [1.807, 2.05) is 6.07 Å². The van der Waals surface area contributed by atoms with Crippen molar-refractivity contribution in [1.29, 1.82) is 0 Å². The third-order valence-electron chi connectivity index (χ3n) is 2.41. The summed E-state index contributed by atoms with van der Waals surface area (Å²) in [6.45, 7) is 4.04. The first-order valence-corrected chi connectivity index (χ1v) is 6.86. The highest BCUT2D eigenvalue weighted by Crippen LogP contribution is 2.20. The molecule has 1 N–H and O–H groups in total.